The van der Waals surface area contributed by atoms with Crippen molar-refractivity contribution >= 4 is 5.91 Å². The minimum atomic E-state index is -0.252. The van der Waals surface area contributed by atoms with Crippen LogP contribution in [0.4, 0.5) is 4.39 Å². The molecule has 0 aromatic heterocycles. The molecular weight excluding hydrogens is 205 g/mol. The van der Waals surface area contributed by atoms with Gasteiger partial charge in [0.1, 0.15) is 5.82 Å². The van der Waals surface area contributed by atoms with E-state index in [0.29, 0.717) is 5.92 Å². The Hall–Kier alpha value is -1.38. The summed E-state index contributed by atoms with van der Waals surface area (Å²) >= 11 is 0. The van der Waals surface area contributed by atoms with E-state index in [4.69, 9.17) is 0 Å². The first-order valence-electron chi connectivity index (χ1n) is 5.64. The van der Waals surface area contributed by atoms with Gasteiger partial charge in [0.2, 0.25) is 5.91 Å². The molecule has 3 unspecified atom stereocenters. The molecule has 0 bridgehead atoms. The summed E-state index contributed by atoms with van der Waals surface area (Å²) in [6.07, 6.45) is 0.988. The molecule has 1 aliphatic carbocycles. The Balaban J connectivity index is 1.94. The lowest BCUT2D eigenvalue weighted by atomic mass is 10.1. The highest BCUT2D eigenvalue weighted by molar-refractivity contribution is 5.81. The van der Waals surface area contributed by atoms with Crippen LogP contribution >= 0.6 is 0 Å². The van der Waals surface area contributed by atoms with Crippen LogP contribution in [0.15, 0.2) is 24.3 Å². The standard InChI is InChI=1S/C13H16FNO/c1-8-7-12(8)13(16)15-9(2)10-3-5-11(14)6-4-10/h3-6,8-9,12H,7H2,1-2H3,(H,15,16). The largest absolute Gasteiger partial charge is 0.349 e. The van der Waals surface area contributed by atoms with E-state index >= 15 is 0 Å². The lowest BCUT2D eigenvalue weighted by Gasteiger charge is -2.14. The van der Waals surface area contributed by atoms with Crippen molar-refractivity contribution in [3.05, 3.63) is 35.6 Å². The molecule has 3 atom stereocenters. The Kier molecular flexibility index (Phi) is 2.95. The van der Waals surface area contributed by atoms with Crippen LogP contribution in [0.1, 0.15) is 31.9 Å². The molecule has 1 fully saturated rings. The van der Waals surface area contributed by atoms with Crippen molar-refractivity contribution in [2.75, 3.05) is 0 Å². The highest BCUT2D eigenvalue weighted by atomic mass is 19.1. The lowest BCUT2D eigenvalue weighted by Crippen LogP contribution is -2.28. The van der Waals surface area contributed by atoms with Gasteiger partial charge in [-0.2, -0.15) is 0 Å². The van der Waals surface area contributed by atoms with Gasteiger partial charge >= 0.3 is 0 Å². The van der Waals surface area contributed by atoms with E-state index in [9.17, 15) is 9.18 Å². The maximum Gasteiger partial charge on any atom is 0.223 e. The van der Waals surface area contributed by atoms with Gasteiger partial charge in [-0.05, 0) is 37.0 Å². The molecule has 16 heavy (non-hydrogen) atoms. The number of amides is 1. The fourth-order valence-electron chi connectivity index (χ4n) is 1.84. The van der Waals surface area contributed by atoms with Gasteiger partial charge in [0, 0.05) is 5.92 Å². The van der Waals surface area contributed by atoms with E-state index in [2.05, 4.69) is 12.2 Å². The number of nitrogens with one attached hydrogen (secondary N) is 1. The van der Waals surface area contributed by atoms with Crippen molar-refractivity contribution in [1.82, 2.24) is 5.32 Å². The van der Waals surface area contributed by atoms with Crippen LogP contribution in [-0.4, -0.2) is 5.91 Å². The Morgan fingerprint density at radius 1 is 1.44 bits per heavy atom. The second-order valence-corrected chi connectivity index (χ2v) is 4.60. The third kappa shape index (κ3) is 2.40. The zero-order valence-electron chi connectivity index (χ0n) is 9.53. The summed E-state index contributed by atoms with van der Waals surface area (Å²) in [6.45, 7) is 3.99. The fourth-order valence-corrected chi connectivity index (χ4v) is 1.84. The van der Waals surface area contributed by atoms with Crippen molar-refractivity contribution in [2.24, 2.45) is 11.8 Å². The fraction of sp³-hybridized carbons (Fsp3) is 0.462. The molecule has 1 amide bonds. The normalized spacial score (nSPS) is 24.9. The molecule has 0 aliphatic heterocycles. The molecular formula is C13H16FNO. The molecule has 0 heterocycles. The minimum Gasteiger partial charge on any atom is -0.349 e. The molecule has 0 spiro atoms. The number of rotatable bonds is 3. The lowest BCUT2D eigenvalue weighted by molar-refractivity contribution is -0.123. The SMILES string of the molecule is CC(NC(=O)C1CC1C)c1ccc(F)cc1. The molecule has 1 aliphatic rings. The monoisotopic (exact) mass is 221 g/mol. The first-order valence-corrected chi connectivity index (χ1v) is 5.64. The van der Waals surface area contributed by atoms with Crippen LogP contribution in [0.5, 0.6) is 0 Å². The average Bonchev–Trinajstić information content (AvgIpc) is 2.96. The number of halogens is 1. The molecule has 2 nitrogen and oxygen atoms in total. The van der Waals surface area contributed by atoms with E-state index in [0.717, 1.165) is 12.0 Å². The molecule has 1 saturated carbocycles. The quantitative estimate of drug-likeness (QED) is 0.835. The number of hydrogen-bond acceptors (Lipinski definition) is 1. The number of benzene rings is 1. The smallest absolute Gasteiger partial charge is 0.223 e. The molecule has 1 N–H and O–H groups in total. The van der Waals surface area contributed by atoms with Crippen molar-refractivity contribution in [2.45, 2.75) is 26.3 Å². The van der Waals surface area contributed by atoms with Crippen LogP contribution in [0.3, 0.4) is 0 Å². The summed E-state index contributed by atoms with van der Waals surface area (Å²) in [7, 11) is 0. The third-order valence-electron chi connectivity index (χ3n) is 3.18. The van der Waals surface area contributed by atoms with E-state index in [-0.39, 0.29) is 23.7 Å². The van der Waals surface area contributed by atoms with Gasteiger partial charge in [0.05, 0.1) is 6.04 Å². The van der Waals surface area contributed by atoms with Crippen LogP contribution in [0.25, 0.3) is 0 Å². The molecule has 1 aromatic rings. The van der Waals surface area contributed by atoms with E-state index < -0.39 is 0 Å². The summed E-state index contributed by atoms with van der Waals surface area (Å²) in [6, 6.07) is 6.18. The van der Waals surface area contributed by atoms with E-state index in [1.807, 2.05) is 6.92 Å². The molecule has 86 valence electrons. The number of hydrogen-bond donors (Lipinski definition) is 1. The van der Waals surface area contributed by atoms with Crippen LogP contribution in [0.2, 0.25) is 0 Å². The Morgan fingerprint density at radius 3 is 2.50 bits per heavy atom. The highest BCUT2D eigenvalue weighted by Crippen LogP contribution is 2.38. The van der Waals surface area contributed by atoms with Gasteiger partial charge in [0.25, 0.3) is 0 Å². The average molecular weight is 221 g/mol. The van der Waals surface area contributed by atoms with Gasteiger partial charge in [-0.1, -0.05) is 19.1 Å². The molecule has 0 saturated heterocycles. The second-order valence-electron chi connectivity index (χ2n) is 4.60. The molecule has 2 rings (SSSR count). The molecule has 0 radical (unpaired) electrons. The third-order valence-corrected chi connectivity index (χ3v) is 3.18. The van der Waals surface area contributed by atoms with Crippen molar-refractivity contribution < 1.29 is 9.18 Å². The molecule has 1 aromatic carbocycles. The summed E-state index contributed by atoms with van der Waals surface area (Å²) in [4.78, 5) is 11.7. The van der Waals surface area contributed by atoms with E-state index in [1.54, 1.807) is 12.1 Å². The van der Waals surface area contributed by atoms with Gasteiger partial charge in [-0.3, -0.25) is 4.79 Å². The Bertz CT molecular complexity index is 387. The topological polar surface area (TPSA) is 29.1 Å². The van der Waals surface area contributed by atoms with Crippen LogP contribution in [0, 0.1) is 17.7 Å². The maximum absolute atomic E-state index is 12.7. The number of carbonyl (C=O) groups excluding carboxylic acids is 1. The minimum absolute atomic E-state index is 0.0547. The Morgan fingerprint density at radius 2 is 2.00 bits per heavy atom. The van der Waals surface area contributed by atoms with Gasteiger partial charge < -0.3 is 5.32 Å². The summed E-state index contributed by atoms with van der Waals surface area (Å²) in [5, 5.41) is 2.95. The number of carbonyl (C=O) groups is 1. The van der Waals surface area contributed by atoms with Gasteiger partial charge in [-0.15, -0.1) is 0 Å². The van der Waals surface area contributed by atoms with Crippen molar-refractivity contribution in [3.8, 4) is 0 Å². The molecule has 3 heteroatoms. The zero-order chi connectivity index (χ0) is 11.7. The van der Waals surface area contributed by atoms with Crippen molar-refractivity contribution in [3.63, 3.8) is 0 Å². The first kappa shape index (κ1) is 11.1. The predicted molar refractivity (Wildman–Crippen MR) is 60.2 cm³/mol. The van der Waals surface area contributed by atoms with Crippen LogP contribution in [-0.2, 0) is 4.79 Å². The summed E-state index contributed by atoms with van der Waals surface area (Å²) in [5.41, 5.74) is 0.933. The highest BCUT2D eigenvalue weighted by Gasteiger charge is 2.39. The first-order chi connectivity index (χ1) is 7.58. The van der Waals surface area contributed by atoms with E-state index in [1.165, 1.54) is 12.1 Å². The van der Waals surface area contributed by atoms with Gasteiger partial charge in [0.15, 0.2) is 0 Å². The maximum atomic E-state index is 12.7. The van der Waals surface area contributed by atoms with Crippen molar-refractivity contribution in [1.29, 1.82) is 0 Å². The second kappa shape index (κ2) is 4.24. The summed E-state index contributed by atoms with van der Waals surface area (Å²) in [5.74, 6) is 0.561. The zero-order valence-corrected chi connectivity index (χ0v) is 9.53. The van der Waals surface area contributed by atoms with Crippen LogP contribution < -0.4 is 5.32 Å². The predicted octanol–water partition coefficient (Wildman–Crippen LogP) is 2.66. The summed E-state index contributed by atoms with van der Waals surface area (Å²) < 4.78 is 12.7. The Labute approximate surface area is 94.9 Å². The van der Waals surface area contributed by atoms with Gasteiger partial charge in [-0.25, -0.2) is 4.39 Å².